The zero-order chi connectivity index (χ0) is 14.7. The molecule has 0 heterocycles. The van der Waals surface area contributed by atoms with Crippen LogP contribution < -0.4 is 16.4 Å². The number of carbonyl (C=O) groups excluding carboxylic acids is 2. The minimum Gasteiger partial charge on any atom is -0.327 e. The van der Waals surface area contributed by atoms with Gasteiger partial charge in [0.15, 0.2) is 0 Å². The van der Waals surface area contributed by atoms with E-state index in [9.17, 15) is 14.0 Å². The fourth-order valence-electron chi connectivity index (χ4n) is 2.01. The van der Waals surface area contributed by atoms with Crippen LogP contribution in [0.1, 0.15) is 26.2 Å². The molecule has 1 aromatic carbocycles. The van der Waals surface area contributed by atoms with Crippen molar-refractivity contribution < 1.29 is 14.0 Å². The minimum atomic E-state index is -0.548. The van der Waals surface area contributed by atoms with Gasteiger partial charge in [-0.1, -0.05) is 0 Å². The van der Waals surface area contributed by atoms with Gasteiger partial charge in [0.1, 0.15) is 5.82 Å². The number of rotatable bonds is 5. The van der Waals surface area contributed by atoms with Crippen molar-refractivity contribution >= 4 is 23.2 Å². The van der Waals surface area contributed by atoms with Gasteiger partial charge in [-0.15, -0.1) is 0 Å². The third-order valence-electron chi connectivity index (χ3n) is 3.21. The molecule has 1 fully saturated rings. The SMILES string of the molecule is CC(=O)Nc1cc(NC(=O)CC(N)C2CC2)ccc1F. The highest BCUT2D eigenvalue weighted by atomic mass is 19.1. The van der Waals surface area contributed by atoms with Crippen LogP contribution in [0.25, 0.3) is 0 Å². The van der Waals surface area contributed by atoms with Crippen molar-refractivity contribution in [3.8, 4) is 0 Å². The molecule has 4 N–H and O–H groups in total. The zero-order valence-electron chi connectivity index (χ0n) is 11.3. The predicted octanol–water partition coefficient (Wildman–Crippen LogP) is 1.85. The van der Waals surface area contributed by atoms with Gasteiger partial charge in [0.25, 0.3) is 0 Å². The fourth-order valence-corrected chi connectivity index (χ4v) is 2.01. The summed E-state index contributed by atoms with van der Waals surface area (Å²) < 4.78 is 13.4. The summed E-state index contributed by atoms with van der Waals surface area (Å²) in [6, 6.07) is 3.91. The molecule has 0 aliphatic heterocycles. The molecule has 1 atom stereocenters. The van der Waals surface area contributed by atoms with Crippen molar-refractivity contribution in [3.63, 3.8) is 0 Å². The Morgan fingerprint density at radius 3 is 2.70 bits per heavy atom. The highest BCUT2D eigenvalue weighted by Crippen LogP contribution is 2.32. The van der Waals surface area contributed by atoms with Gasteiger partial charge in [-0.05, 0) is 37.0 Å². The van der Waals surface area contributed by atoms with Gasteiger partial charge < -0.3 is 16.4 Å². The average molecular weight is 279 g/mol. The summed E-state index contributed by atoms with van der Waals surface area (Å²) in [5.41, 5.74) is 6.35. The second-order valence-electron chi connectivity index (χ2n) is 5.13. The number of halogens is 1. The van der Waals surface area contributed by atoms with Crippen molar-refractivity contribution in [1.82, 2.24) is 0 Å². The van der Waals surface area contributed by atoms with Crippen LogP contribution in [0.5, 0.6) is 0 Å². The minimum absolute atomic E-state index is 0.0433. The third-order valence-corrected chi connectivity index (χ3v) is 3.21. The number of nitrogens with one attached hydrogen (secondary N) is 2. The van der Waals surface area contributed by atoms with E-state index < -0.39 is 5.82 Å². The first-order valence-corrected chi connectivity index (χ1v) is 6.58. The second kappa shape index (κ2) is 6.00. The smallest absolute Gasteiger partial charge is 0.225 e. The standard InChI is InChI=1S/C14H18FN3O2/c1-8(19)17-13-6-10(4-5-11(13)15)18-14(20)7-12(16)9-2-3-9/h4-6,9,12H,2-3,7,16H2,1H3,(H,17,19)(H,18,20). The lowest BCUT2D eigenvalue weighted by atomic mass is 10.1. The van der Waals surface area contributed by atoms with Gasteiger partial charge in [-0.3, -0.25) is 9.59 Å². The Kier molecular flexibility index (Phi) is 4.34. The lowest BCUT2D eigenvalue weighted by Gasteiger charge is -2.12. The fraction of sp³-hybridized carbons (Fsp3) is 0.429. The summed E-state index contributed by atoms with van der Waals surface area (Å²) in [4.78, 5) is 22.7. The first-order valence-electron chi connectivity index (χ1n) is 6.58. The summed E-state index contributed by atoms with van der Waals surface area (Å²) in [5, 5.41) is 5.03. The van der Waals surface area contributed by atoms with Crippen LogP contribution in [0.2, 0.25) is 0 Å². The van der Waals surface area contributed by atoms with Crippen LogP contribution in [0.15, 0.2) is 18.2 Å². The van der Waals surface area contributed by atoms with E-state index in [0.717, 1.165) is 12.8 Å². The van der Waals surface area contributed by atoms with E-state index in [1.807, 2.05) is 0 Å². The van der Waals surface area contributed by atoms with E-state index in [1.165, 1.54) is 25.1 Å². The van der Waals surface area contributed by atoms with E-state index in [4.69, 9.17) is 5.73 Å². The van der Waals surface area contributed by atoms with Crippen molar-refractivity contribution in [2.45, 2.75) is 32.2 Å². The maximum Gasteiger partial charge on any atom is 0.225 e. The predicted molar refractivity (Wildman–Crippen MR) is 74.6 cm³/mol. The summed E-state index contributed by atoms with van der Waals surface area (Å²) >= 11 is 0. The van der Waals surface area contributed by atoms with Crippen molar-refractivity contribution in [1.29, 1.82) is 0 Å². The molecule has 2 amide bonds. The Labute approximate surface area is 116 Å². The van der Waals surface area contributed by atoms with Gasteiger partial charge in [0, 0.05) is 25.1 Å². The van der Waals surface area contributed by atoms with Crippen LogP contribution in [0.4, 0.5) is 15.8 Å². The molecule has 0 saturated heterocycles. The second-order valence-corrected chi connectivity index (χ2v) is 5.13. The molecule has 1 unspecified atom stereocenters. The number of carbonyl (C=O) groups is 2. The molecule has 108 valence electrons. The summed E-state index contributed by atoms with van der Waals surface area (Å²) in [7, 11) is 0. The van der Waals surface area contributed by atoms with E-state index in [-0.39, 0.29) is 30.0 Å². The highest BCUT2D eigenvalue weighted by molar-refractivity contribution is 5.93. The van der Waals surface area contributed by atoms with E-state index in [0.29, 0.717) is 11.6 Å². The first-order chi connectivity index (χ1) is 9.45. The molecule has 20 heavy (non-hydrogen) atoms. The van der Waals surface area contributed by atoms with Crippen molar-refractivity contribution in [3.05, 3.63) is 24.0 Å². The molecule has 0 spiro atoms. The number of benzene rings is 1. The Morgan fingerprint density at radius 2 is 2.10 bits per heavy atom. The molecular formula is C14H18FN3O2. The summed E-state index contributed by atoms with van der Waals surface area (Å²) in [6.07, 6.45) is 2.41. The Morgan fingerprint density at radius 1 is 1.40 bits per heavy atom. The normalized spacial score (nSPS) is 15.6. The molecule has 1 aromatic rings. The molecule has 0 aromatic heterocycles. The van der Waals surface area contributed by atoms with E-state index in [1.54, 1.807) is 0 Å². The number of hydrogen-bond donors (Lipinski definition) is 3. The van der Waals surface area contributed by atoms with Crippen molar-refractivity contribution in [2.24, 2.45) is 11.7 Å². The molecule has 1 aliphatic carbocycles. The van der Waals surface area contributed by atoms with Gasteiger partial charge in [0.2, 0.25) is 11.8 Å². The van der Waals surface area contributed by atoms with Gasteiger partial charge in [-0.2, -0.15) is 0 Å². The molecular weight excluding hydrogens is 261 g/mol. The Balaban J connectivity index is 1.97. The first kappa shape index (κ1) is 14.5. The zero-order valence-corrected chi connectivity index (χ0v) is 11.3. The van der Waals surface area contributed by atoms with Crippen LogP contribution in [0, 0.1) is 11.7 Å². The van der Waals surface area contributed by atoms with Crippen LogP contribution in [0.3, 0.4) is 0 Å². The monoisotopic (exact) mass is 279 g/mol. The Bertz CT molecular complexity index is 529. The van der Waals surface area contributed by atoms with Gasteiger partial charge >= 0.3 is 0 Å². The maximum absolute atomic E-state index is 13.4. The van der Waals surface area contributed by atoms with E-state index >= 15 is 0 Å². The quantitative estimate of drug-likeness (QED) is 0.769. The Hall–Kier alpha value is -1.95. The number of nitrogens with two attached hydrogens (primary N) is 1. The van der Waals surface area contributed by atoms with Crippen LogP contribution >= 0.6 is 0 Å². The van der Waals surface area contributed by atoms with Crippen LogP contribution in [-0.4, -0.2) is 17.9 Å². The average Bonchev–Trinajstić information content (AvgIpc) is 3.16. The topological polar surface area (TPSA) is 84.2 Å². The van der Waals surface area contributed by atoms with Gasteiger partial charge in [0.05, 0.1) is 5.69 Å². The number of anilines is 2. The van der Waals surface area contributed by atoms with E-state index in [2.05, 4.69) is 10.6 Å². The van der Waals surface area contributed by atoms with Crippen LogP contribution in [-0.2, 0) is 9.59 Å². The molecule has 2 rings (SSSR count). The molecule has 5 nitrogen and oxygen atoms in total. The lowest BCUT2D eigenvalue weighted by Crippen LogP contribution is -2.28. The lowest BCUT2D eigenvalue weighted by molar-refractivity contribution is -0.116. The van der Waals surface area contributed by atoms with Crippen molar-refractivity contribution in [2.75, 3.05) is 10.6 Å². The molecule has 1 aliphatic rings. The number of hydrogen-bond acceptors (Lipinski definition) is 3. The summed E-state index contributed by atoms with van der Waals surface area (Å²) in [5.74, 6) is -0.676. The third kappa shape index (κ3) is 4.03. The maximum atomic E-state index is 13.4. The molecule has 6 heteroatoms. The summed E-state index contributed by atoms with van der Waals surface area (Å²) in [6.45, 7) is 1.29. The molecule has 0 radical (unpaired) electrons. The van der Waals surface area contributed by atoms with Gasteiger partial charge in [-0.25, -0.2) is 4.39 Å². The highest BCUT2D eigenvalue weighted by Gasteiger charge is 2.29. The largest absolute Gasteiger partial charge is 0.327 e. The number of amides is 2. The molecule has 1 saturated carbocycles. The molecule has 0 bridgehead atoms.